The number of nitrogens with zero attached hydrogens (tertiary/aromatic N) is 1. The molecule has 14 heavy (non-hydrogen) atoms. The third-order valence-electron chi connectivity index (χ3n) is 1.60. The minimum atomic E-state index is -0.329. The molecule has 0 aliphatic rings. The number of anilines is 1. The Morgan fingerprint density at radius 1 is 1.43 bits per heavy atom. The van der Waals surface area contributed by atoms with E-state index in [0.29, 0.717) is 5.82 Å². The van der Waals surface area contributed by atoms with Crippen molar-refractivity contribution in [1.82, 2.24) is 4.98 Å². The number of nitrogens with one attached hydrogen (secondary N) is 1. The molecule has 0 aliphatic carbocycles. The highest BCUT2D eigenvalue weighted by molar-refractivity contribution is 6.01. The van der Waals surface area contributed by atoms with Gasteiger partial charge in [-0.1, -0.05) is 6.07 Å². The van der Waals surface area contributed by atoms with Crippen LogP contribution in [0.5, 0.6) is 0 Å². The number of rotatable bonds is 2. The van der Waals surface area contributed by atoms with Crippen LogP contribution in [0, 0.1) is 6.26 Å². The summed E-state index contributed by atoms with van der Waals surface area (Å²) in [6.07, 6.45) is 4.04. The van der Waals surface area contributed by atoms with E-state index in [1.165, 1.54) is 12.1 Å². The number of hydrogen-bond donors (Lipinski definition) is 1. The standard InChI is InChI=1S/C10H7N2O2/c13-10(8-4-3-7-14-8)12-9-5-1-2-6-11-9/h1-6H,(H,11,12,13). The van der Waals surface area contributed by atoms with Crippen molar-refractivity contribution in [2.24, 2.45) is 0 Å². The van der Waals surface area contributed by atoms with Crippen molar-refractivity contribution in [2.75, 3.05) is 5.32 Å². The molecule has 0 saturated heterocycles. The predicted molar refractivity (Wildman–Crippen MR) is 49.7 cm³/mol. The van der Waals surface area contributed by atoms with E-state index in [-0.39, 0.29) is 11.7 Å². The van der Waals surface area contributed by atoms with Crippen LogP contribution in [0.1, 0.15) is 10.6 Å². The SMILES string of the molecule is O=C(Nc1ccccn1)c1cc[c]o1. The Labute approximate surface area is 80.6 Å². The van der Waals surface area contributed by atoms with Gasteiger partial charge < -0.3 is 9.73 Å². The van der Waals surface area contributed by atoms with Crippen molar-refractivity contribution in [1.29, 1.82) is 0 Å². The Morgan fingerprint density at radius 3 is 3.00 bits per heavy atom. The Kier molecular flexibility index (Phi) is 2.27. The minimum Gasteiger partial charge on any atom is -0.448 e. The van der Waals surface area contributed by atoms with Gasteiger partial charge in [0.05, 0.1) is 0 Å². The average Bonchev–Trinajstić information content (AvgIpc) is 2.72. The van der Waals surface area contributed by atoms with Gasteiger partial charge in [-0.3, -0.25) is 4.79 Å². The number of carbonyl (C=O) groups is 1. The van der Waals surface area contributed by atoms with Crippen molar-refractivity contribution in [3.05, 3.63) is 48.6 Å². The van der Waals surface area contributed by atoms with E-state index in [1.54, 1.807) is 24.4 Å². The molecule has 1 amide bonds. The van der Waals surface area contributed by atoms with Gasteiger partial charge in [0, 0.05) is 6.20 Å². The van der Waals surface area contributed by atoms with Crippen molar-refractivity contribution < 1.29 is 9.21 Å². The lowest BCUT2D eigenvalue weighted by atomic mass is 10.4. The van der Waals surface area contributed by atoms with E-state index in [1.807, 2.05) is 0 Å². The van der Waals surface area contributed by atoms with E-state index in [4.69, 9.17) is 4.42 Å². The summed E-state index contributed by atoms with van der Waals surface area (Å²) in [5.74, 6) is 0.384. The zero-order valence-corrected chi connectivity index (χ0v) is 7.23. The largest absolute Gasteiger partial charge is 0.448 e. The molecule has 1 radical (unpaired) electrons. The Morgan fingerprint density at radius 2 is 2.36 bits per heavy atom. The molecule has 0 spiro atoms. The third kappa shape index (κ3) is 1.80. The molecule has 2 aromatic rings. The zero-order chi connectivity index (χ0) is 9.80. The first-order valence-corrected chi connectivity index (χ1v) is 4.04. The Balaban J connectivity index is 2.10. The molecule has 0 fully saturated rings. The number of amides is 1. The summed E-state index contributed by atoms with van der Waals surface area (Å²) in [6, 6.07) is 8.34. The highest BCUT2D eigenvalue weighted by atomic mass is 16.3. The van der Waals surface area contributed by atoms with Gasteiger partial charge in [0.25, 0.3) is 5.91 Å². The quantitative estimate of drug-likeness (QED) is 0.778. The molecule has 4 nitrogen and oxygen atoms in total. The van der Waals surface area contributed by atoms with Crippen LogP contribution in [0.15, 0.2) is 40.9 Å². The van der Waals surface area contributed by atoms with Gasteiger partial charge in [-0.15, -0.1) is 0 Å². The van der Waals surface area contributed by atoms with Crippen molar-refractivity contribution in [3.63, 3.8) is 0 Å². The van der Waals surface area contributed by atoms with Gasteiger partial charge in [0.15, 0.2) is 12.0 Å². The normalized spacial score (nSPS) is 9.71. The molecule has 1 N–H and O–H groups in total. The highest BCUT2D eigenvalue weighted by Crippen LogP contribution is 2.05. The summed E-state index contributed by atoms with van der Waals surface area (Å²) in [7, 11) is 0. The second kappa shape index (κ2) is 3.74. The molecule has 0 bridgehead atoms. The second-order valence-electron chi connectivity index (χ2n) is 2.59. The van der Waals surface area contributed by atoms with E-state index in [9.17, 15) is 4.79 Å². The number of pyridine rings is 1. The van der Waals surface area contributed by atoms with E-state index in [0.717, 1.165) is 0 Å². The molecule has 2 heterocycles. The van der Waals surface area contributed by atoms with Crippen molar-refractivity contribution in [2.45, 2.75) is 0 Å². The average molecular weight is 187 g/mol. The van der Waals surface area contributed by atoms with Gasteiger partial charge in [-0.25, -0.2) is 4.98 Å². The van der Waals surface area contributed by atoms with Gasteiger partial charge >= 0.3 is 0 Å². The van der Waals surface area contributed by atoms with Crippen LogP contribution in [0.2, 0.25) is 0 Å². The molecule has 0 saturated carbocycles. The van der Waals surface area contributed by atoms with Crippen LogP contribution >= 0.6 is 0 Å². The summed E-state index contributed by atoms with van der Waals surface area (Å²) in [5, 5.41) is 2.58. The first-order chi connectivity index (χ1) is 6.86. The Bertz CT molecular complexity index is 409. The molecule has 0 atom stereocenters. The van der Waals surface area contributed by atoms with E-state index >= 15 is 0 Å². The van der Waals surface area contributed by atoms with Crippen LogP contribution < -0.4 is 5.32 Å². The molecule has 0 unspecified atom stereocenters. The summed E-state index contributed by atoms with van der Waals surface area (Å²) in [4.78, 5) is 15.4. The van der Waals surface area contributed by atoms with Crippen LogP contribution in [-0.2, 0) is 0 Å². The molecular formula is C10H7N2O2. The van der Waals surface area contributed by atoms with Crippen molar-refractivity contribution in [3.8, 4) is 0 Å². The number of hydrogen-bond acceptors (Lipinski definition) is 3. The van der Waals surface area contributed by atoms with Gasteiger partial charge in [-0.05, 0) is 24.3 Å². The maximum atomic E-state index is 11.4. The van der Waals surface area contributed by atoms with Crippen molar-refractivity contribution >= 4 is 11.7 Å². The summed E-state index contributed by atoms with van der Waals surface area (Å²) in [5.41, 5.74) is 0. The van der Waals surface area contributed by atoms with Gasteiger partial charge in [-0.2, -0.15) is 0 Å². The molecule has 69 valence electrons. The van der Waals surface area contributed by atoms with Crippen LogP contribution in [-0.4, -0.2) is 10.9 Å². The molecule has 0 aliphatic heterocycles. The summed E-state index contributed by atoms with van der Waals surface area (Å²) in [6.45, 7) is 0. The lowest BCUT2D eigenvalue weighted by molar-refractivity contribution is 0.0996. The summed E-state index contributed by atoms with van der Waals surface area (Å²) < 4.78 is 4.80. The second-order valence-corrected chi connectivity index (χ2v) is 2.59. The smallest absolute Gasteiger partial charge is 0.292 e. The molecular weight excluding hydrogens is 180 g/mol. The molecule has 2 aromatic heterocycles. The minimum absolute atomic E-state index is 0.218. The lowest BCUT2D eigenvalue weighted by Gasteiger charge is -1.99. The monoisotopic (exact) mass is 187 g/mol. The first-order valence-electron chi connectivity index (χ1n) is 4.04. The number of furan rings is 1. The number of aromatic nitrogens is 1. The Hall–Kier alpha value is -2.10. The third-order valence-corrected chi connectivity index (χ3v) is 1.60. The van der Waals surface area contributed by atoms with Gasteiger partial charge in [0.2, 0.25) is 0 Å². The molecule has 0 aromatic carbocycles. The maximum Gasteiger partial charge on any atom is 0.292 e. The fourth-order valence-corrected chi connectivity index (χ4v) is 0.978. The maximum absolute atomic E-state index is 11.4. The highest BCUT2D eigenvalue weighted by Gasteiger charge is 2.08. The molecule has 2 rings (SSSR count). The van der Waals surface area contributed by atoms with E-state index < -0.39 is 0 Å². The zero-order valence-electron chi connectivity index (χ0n) is 7.23. The van der Waals surface area contributed by atoms with Gasteiger partial charge in [0.1, 0.15) is 5.82 Å². The van der Waals surface area contributed by atoms with E-state index in [2.05, 4.69) is 16.6 Å². The van der Waals surface area contributed by atoms with Crippen LogP contribution in [0.4, 0.5) is 5.82 Å². The first kappa shape index (κ1) is 8.50. The fourth-order valence-electron chi connectivity index (χ4n) is 0.978. The topological polar surface area (TPSA) is 55.1 Å². The molecule has 4 heteroatoms. The fraction of sp³-hybridized carbons (Fsp3) is 0. The van der Waals surface area contributed by atoms with Crippen LogP contribution in [0.25, 0.3) is 0 Å². The number of carbonyl (C=O) groups excluding carboxylic acids is 1. The predicted octanol–water partition coefficient (Wildman–Crippen LogP) is 1.73. The van der Waals surface area contributed by atoms with Crippen LogP contribution in [0.3, 0.4) is 0 Å². The summed E-state index contributed by atoms with van der Waals surface area (Å²) >= 11 is 0. The lowest BCUT2D eigenvalue weighted by Crippen LogP contribution is -2.11.